The number of alkyl halides is 3. The molecule has 35 heavy (non-hydrogen) atoms. The maximum absolute atomic E-state index is 13.8. The zero-order chi connectivity index (χ0) is 24.2. The predicted molar refractivity (Wildman–Crippen MR) is 132 cm³/mol. The third-order valence-electron chi connectivity index (χ3n) is 6.69. The number of carbonyl (C=O) groups is 1. The molecule has 3 aromatic heterocycles. The van der Waals surface area contributed by atoms with Crippen molar-refractivity contribution in [2.75, 3.05) is 5.32 Å². The summed E-state index contributed by atoms with van der Waals surface area (Å²) in [6.07, 6.45) is 1.90. The van der Waals surface area contributed by atoms with Gasteiger partial charge < -0.3 is 14.8 Å². The molecular formula is C26H22F3N3OS2. The standard InChI is InChI=1S/C26H22F3N3OS2/c27-26(28,29)16-6-3-7-17(14-16)30-25(33)32-15-19-18-8-1-2-10-21(18)35-24(19)31-12-4-9-20(31)23(32)22-11-5-13-34-22/h3-7,9,11-14,23H,1-2,8,10,15H2,(H,30,33)/t23-/m1/s1. The summed E-state index contributed by atoms with van der Waals surface area (Å²) in [7, 11) is 0. The lowest BCUT2D eigenvalue weighted by atomic mass is 9.95. The minimum absolute atomic E-state index is 0.127. The number of halogens is 3. The highest BCUT2D eigenvalue weighted by Gasteiger charge is 2.37. The summed E-state index contributed by atoms with van der Waals surface area (Å²) in [6.45, 7) is 0.399. The van der Waals surface area contributed by atoms with Crippen molar-refractivity contribution in [3.63, 3.8) is 0 Å². The number of nitrogens with zero attached hydrogens (tertiary/aromatic N) is 2. The van der Waals surface area contributed by atoms with E-state index < -0.39 is 17.8 Å². The van der Waals surface area contributed by atoms with Crippen LogP contribution in [0.3, 0.4) is 0 Å². The Balaban J connectivity index is 1.44. The van der Waals surface area contributed by atoms with Crippen molar-refractivity contribution < 1.29 is 18.0 Å². The van der Waals surface area contributed by atoms with Crippen molar-refractivity contribution in [3.05, 3.63) is 92.2 Å². The van der Waals surface area contributed by atoms with Crippen molar-refractivity contribution in [2.24, 2.45) is 0 Å². The summed E-state index contributed by atoms with van der Waals surface area (Å²) in [5.74, 6) is 0. The summed E-state index contributed by atoms with van der Waals surface area (Å²) in [6, 6.07) is 12.0. The van der Waals surface area contributed by atoms with Gasteiger partial charge in [-0.3, -0.25) is 0 Å². The molecular weight excluding hydrogens is 491 g/mol. The van der Waals surface area contributed by atoms with E-state index in [1.54, 1.807) is 27.6 Å². The molecule has 4 aromatic rings. The molecule has 2 aliphatic rings. The molecule has 1 aliphatic heterocycles. The molecule has 0 fully saturated rings. The first-order valence-corrected chi connectivity index (χ1v) is 13.2. The molecule has 1 aromatic carbocycles. The number of fused-ring (bicyclic) bond motifs is 5. The number of amides is 2. The molecule has 0 spiro atoms. The molecule has 0 unspecified atom stereocenters. The number of aromatic nitrogens is 1. The van der Waals surface area contributed by atoms with Gasteiger partial charge in [0, 0.05) is 27.2 Å². The Morgan fingerprint density at radius 1 is 1.03 bits per heavy atom. The monoisotopic (exact) mass is 513 g/mol. The first-order chi connectivity index (χ1) is 16.9. The van der Waals surface area contributed by atoms with E-state index >= 15 is 0 Å². The van der Waals surface area contributed by atoms with Crippen LogP contribution in [0, 0.1) is 0 Å². The van der Waals surface area contributed by atoms with E-state index in [1.807, 2.05) is 35.8 Å². The van der Waals surface area contributed by atoms with Crippen molar-refractivity contribution in [3.8, 4) is 5.00 Å². The van der Waals surface area contributed by atoms with Crippen LogP contribution in [0.5, 0.6) is 0 Å². The van der Waals surface area contributed by atoms with Crippen LogP contribution >= 0.6 is 22.7 Å². The number of hydrogen-bond acceptors (Lipinski definition) is 3. The van der Waals surface area contributed by atoms with Crippen LogP contribution in [0.25, 0.3) is 5.00 Å². The molecule has 0 bridgehead atoms. The maximum Gasteiger partial charge on any atom is 0.416 e. The Hall–Kier alpha value is -3.04. The highest BCUT2D eigenvalue weighted by Crippen LogP contribution is 2.45. The van der Waals surface area contributed by atoms with Gasteiger partial charge in [-0.05, 0) is 73.0 Å². The molecule has 0 saturated heterocycles. The van der Waals surface area contributed by atoms with E-state index in [-0.39, 0.29) is 11.7 Å². The molecule has 0 radical (unpaired) electrons. The molecule has 0 saturated carbocycles. The fourth-order valence-electron chi connectivity index (χ4n) is 5.10. The van der Waals surface area contributed by atoms with Crippen LogP contribution in [-0.4, -0.2) is 15.5 Å². The van der Waals surface area contributed by atoms with E-state index in [9.17, 15) is 18.0 Å². The first kappa shape index (κ1) is 22.4. The van der Waals surface area contributed by atoms with E-state index in [0.29, 0.717) is 6.54 Å². The minimum Gasteiger partial charge on any atom is -0.310 e. The first-order valence-electron chi connectivity index (χ1n) is 11.5. The van der Waals surface area contributed by atoms with Gasteiger partial charge in [-0.2, -0.15) is 13.2 Å². The van der Waals surface area contributed by atoms with Gasteiger partial charge in [-0.15, -0.1) is 22.7 Å². The maximum atomic E-state index is 13.8. The molecule has 9 heteroatoms. The van der Waals surface area contributed by atoms with Gasteiger partial charge in [0.05, 0.1) is 17.8 Å². The number of benzene rings is 1. The van der Waals surface area contributed by atoms with Gasteiger partial charge in [0.25, 0.3) is 0 Å². The van der Waals surface area contributed by atoms with Crippen molar-refractivity contribution in [1.82, 2.24) is 9.47 Å². The second-order valence-electron chi connectivity index (χ2n) is 8.85. The smallest absolute Gasteiger partial charge is 0.310 e. The van der Waals surface area contributed by atoms with Gasteiger partial charge in [0.15, 0.2) is 0 Å². The highest BCUT2D eigenvalue weighted by molar-refractivity contribution is 7.15. The summed E-state index contributed by atoms with van der Waals surface area (Å²) >= 11 is 3.37. The molecule has 4 nitrogen and oxygen atoms in total. The quantitative estimate of drug-likeness (QED) is 0.294. The molecule has 1 atom stereocenters. The lowest BCUT2D eigenvalue weighted by molar-refractivity contribution is -0.137. The zero-order valence-corrected chi connectivity index (χ0v) is 20.3. The summed E-state index contributed by atoms with van der Waals surface area (Å²) in [5.41, 5.74) is 2.80. The van der Waals surface area contributed by atoms with Crippen LogP contribution < -0.4 is 5.32 Å². The molecule has 6 rings (SSSR count). The largest absolute Gasteiger partial charge is 0.416 e. The average Bonchev–Trinajstić information content (AvgIpc) is 3.58. The van der Waals surface area contributed by atoms with Gasteiger partial charge in [-0.1, -0.05) is 12.1 Å². The van der Waals surface area contributed by atoms with Crippen LogP contribution in [0.4, 0.5) is 23.7 Å². The lowest BCUT2D eigenvalue weighted by Gasteiger charge is -2.30. The van der Waals surface area contributed by atoms with E-state index in [0.717, 1.165) is 52.5 Å². The number of nitrogens with one attached hydrogen (secondary N) is 1. The van der Waals surface area contributed by atoms with Crippen molar-refractivity contribution in [1.29, 1.82) is 0 Å². The second kappa shape index (κ2) is 8.57. The van der Waals surface area contributed by atoms with Crippen LogP contribution in [-0.2, 0) is 25.6 Å². The Labute approximate surface area is 208 Å². The summed E-state index contributed by atoms with van der Waals surface area (Å²) < 4.78 is 42.0. The lowest BCUT2D eigenvalue weighted by Crippen LogP contribution is -2.37. The minimum atomic E-state index is -4.48. The third kappa shape index (κ3) is 3.96. The van der Waals surface area contributed by atoms with Crippen LogP contribution in [0.2, 0.25) is 0 Å². The van der Waals surface area contributed by atoms with Crippen molar-refractivity contribution in [2.45, 2.75) is 44.4 Å². The average molecular weight is 514 g/mol. The number of urea groups is 1. The number of carbonyl (C=O) groups excluding carboxylic acids is 1. The van der Waals surface area contributed by atoms with E-state index in [4.69, 9.17) is 0 Å². The Morgan fingerprint density at radius 3 is 2.69 bits per heavy atom. The number of anilines is 1. The Morgan fingerprint density at radius 2 is 1.89 bits per heavy atom. The van der Waals surface area contributed by atoms with Crippen molar-refractivity contribution >= 4 is 34.4 Å². The molecule has 2 amide bonds. The normalized spacial score (nSPS) is 17.3. The number of thiophene rings is 2. The fraction of sp³-hybridized carbons (Fsp3) is 0.269. The molecule has 180 valence electrons. The Bertz CT molecular complexity index is 1390. The highest BCUT2D eigenvalue weighted by atomic mass is 32.1. The predicted octanol–water partition coefficient (Wildman–Crippen LogP) is 7.64. The van der Waals surface area contributed by atoms with E-state index in [2.05, 4.69) is 9.88 Å². The molecule has 1 N–H and O–H groups in total. The number of aryl methyl sites for hydroxylation is 1. The number of rotatable bonds is 2. The van der Waals surface area contributed by atoms with Gasteiger partial charge >= 0.3 is 12.2 Å². The van der Waals surface area contributed by atoms with Crippen LogP contribution in [0.1, 0.15) is 51.0 Å². The van der Waals surface area contributed by atoms with Gasteiger partial charge in [0.1, 0.15) is 11.0 Å². The second-order valence-corrected chi connectivity index (χ2v) is 10.9. The summed E-state index contributed by atoms with van der Waals surface area (Å²) in [5, 5.41) is 5.88. The van der Waals surface area contributed by atoms with Gasteiger partial charge in [-0.25, -0.2) is 4.79 Å². The van der Waals surface area contributed by atoms with Crippen LogP contribution in [0.15, 0.2) is 60.1 Å². The van der Waals surface area contributed by atoms with Gasteiger partial charge in [0.2, 0.25) is 0 Å². The Kier molecular flexibility index (Phi) is 5.49. The molecule has 1 aliphatic carbocycles. The third-order valence-corrected chi connectivity index (χ3v) is 8.95. The SMILES string of the molecule is O=C(Nc1cccc(C(F)(F)F)c1)N1Cc2c(sc3c2CCCC3)-n2cccc2[C@@H]1c1cccs1. The zero-order valence-electron chi connectivity index (χ0n) is 18.6. The summed E-state index contributed by atoms with van der Waals surface area (Å²) in [4.78, 5) is 17.9. The topological polar surface area (TPSA) is 37.3 Å². The van der Waals surface area contributed by atoms with E-state index in [1.165, 1.54) is 29.0 Å². The fourth-order valence-corrected chi connectivity index (χ4v) is 7.35. The molecule has 4 heterocycles. The number of hydrogen-bond donors (Lipinski definition) is 1.